The summed E-state index contributed by atoms with van der Waals surface area (Å²) in [5.41, 5.74) is 0. The van der Waals surface area contributed by atoms with Gasteiger partial charge >= 0.3 is 5.97 Å². The highest BCUT2D eigenvalue weighted by molar-refractivity contribution is 9.10. The maximum atomic E-state index is 11.9. The summed E-state index contributed by atoms with van der Waals surface area (Å²) in [4.78, 5) is 24.0. The number of carbonyl (C=O) groups is 2. The lowest BCUT2D eigenvalue weighted by Gasteiger charge is -2.18. The molecule has 2 N–H and O–H groups in total. The zero-order valence-electron chi connectivity index (χ0n) is 9.82. The number of likely N-dealkylation sites (tertiary alicyclic amines) is 1. The first kappa shape index (κ1) is 13.8. The van der Waals surface area contributed by atoms with Crippen molar-refractivity contribution in [3.05, 3.63) is 28.6 Å². The van der Waals surface area contributed by atoms with Crippen molar-refractivity contribution in [2.75, 3.05) is 6.54 Å². The minimum absolute atomic E-state index is 0.0298. The standard InChI is InChI=1S/C12H12BrNO5/c13-10-3-1-8(19-10)2-4-11(16)14-6-7(15)5-9(14)12(17)18/h1-4,7,9,15H,5-6H2,(H,17,18)/b4-2+/t7?,9-/m0/s1. The Labute approximate surface area is 117 Å². The highest BCUT2D eigenvalue weighted by Crippen LogP contribution is 2.19. The van der Waals surface area contributed by atoms with Gasteiger partial charge in [-0.25, -0.2) is 4.79 Å². The van der Waals surface area contributed by atoms with E-state index < -0.39 is 24.0 Å². The molecule has 0 radical (unpaired) electrons. The molecule has 0 spiro atoms. The molecule has 1 amide bonds. The maximum Gasteiger partial charge on any atom is 0.326 e. The zero-order valence-corrected chi connectivity index (χ0v) is 11.4. The molecule has 2 atom stereocenters. The largest absolute Gasteiger partial charge is 0.480 e. The van der Waals surface area contributed by atoms with Crippen molar-refractivity contribution >= 4 is 33.9 Å². The number of β-amino-alcohol motifs (C(OH)–C–C–N with tert-alkyl or cyclic N) is 1. The molecule has 1 aliphatic heterocycles. The molecule has 1 saturated heterocycles. The molecule has 0 aromatic carbocycles. The van der Waals surface area contributed by atoms with Crippen molar-refractivity contribution in [3.8, 4) is 0 Å². The SMILES string of the molecule is O=C(O)[C@@H]1CC(O)CN1C(=O)/C=C/c1ccc(Br)o1. The van der Waals surface area contributed by atoms with Crippen LogP contribution in [-0.2, 0) is 9.59 Å². The number of furan rings is 1. The second-order valence-electron chi connectivity index (χ2n) is 4.21. The van der Waals surface area contributed by atoms with Crippen LogP contribution in [0.4, 0.5) is 0 Å². The van der Waals surface area contributed by atoms with Crippen LogP contribution in [0.3, 0.4) is 0 Å². The van der Waals surface area contributed by atoms with Crippen molar-refractivity contribution in [2.24, 2.45) is 0 Å². The minimum Gasteiger partial charge on any atom is -0.480 e. The molecule has 0 saturated carbocycles. The van der Waals surface area contributed by atoms with Crippen LogP contribution in [0.25, 0.3) is 6.08 Å². The summed E-state index contributed by atoms with van der Waals surface area (Å²) in [6.45, 7) is 0.0298. The first-order chi connectivity index (χ1) is 8.97. The Kier molecular flexibility index (Phi) is 4.06. The number of hydrogen-bond donors (Lipinski definition) is 2. The lowest BCUT2D eigenvalue weighted by Crippen LogP contribution is -2.39. The summed E-state index contributed by atoms with van der Waals surface area (Å²) < 4.78 is 5.73. The number of carboxylic acids is 1. The highest BCUT2D eigenvalue weighted by atomic mass is 79.9. The van der Waals surface area contributed by atoms with Gasteiger partial charge in [0.05, 0.1) is 6.10 Å². The number of carbonyl (C=O) groups excluding carboxylic acids is 1. The Morgan fingerprint density at radius 2 is 2.21 bits per heavy atom. The molecule has 1 fully saturated rings. The number of aliphatic hydroxyl groups is 1. The Morgan fingerprint density at radius 3 is 2.79 bits per heavy atom. The van der Waals surface area contributed by atoms with E-state index in [2.05, 4.69) is 15.9 Å². The third kappa shape index (κ3) is 3.24. The molecule has 7 heteroatoms. The van der Waals surface area contributed by atoms with Gasteiger partial charge in [-0.2, -0.15) is 0 Å². The Bertz CT molecular complexity index is 524. The van der Waals surface area contributed by atoms with Gasteiger partial charge in [0.15, 0.2) is 4.67 Å². The number of nitrogens with zero attached hydrogens (tertiary/aromatic N) is 1. The summed E-state index contributed by atoms with van der Waals surface area (Å²) in [7, 11) is 0. The van der Waals surface area contributed by atoms with Crippen molar-refractivity contribution in [1.29, 1.82) is 0 Å². The van der Waals surface area contributed by atoms with Crippen LogP contribution in [0.5, 0.6) is 0 Å². The molecular formula is C12H12BrNO5. The van der Waals surface area contributed by atoms with Crippen molar-refractivity contribution in [1.82, 2.24) is 4.90 Å². The fraction of sp³-hybridized carbons (Fsp3) is 0.333. The van der Waals surface area contributed by atoms with Gasteiger partial charge in [0.2, 0.25) is 5.91 Å². The lowest BCUT2D eigenvalue weighted by atomic mass is 10.2. The lowest BCUT2D eigenvalue weighted by molar-refractivity contribution is -0.146. The summed E-state index contributed by atoms with van der Waals surface area (Å²) in [5.74, 6) is -1.10. The molecular weight excluding hydrogens is 318 g/mol. The van der Waals surface area contributed by atoms with Gasteiger partial charge in [-0.1, -0.05) is 0 Å². The van der Waals surface area contributed by atoms with E-state index >= 15 is 0 Å². The third-order valence-electron chi connectivity index (χ3n) is 2.83. The van der Waals surface area contributed by atoms with E-state index in [0.29, 0.717) is 10.4 Å². The maximum absolute atomic E-state index is 11.9. The molecule has 0 bridgehead atoms. The van der Waals surface area contributed by atoms with Gasteiger partial charge in [0.25, 0.3) is 0 Å². The van der Waals surface area contributed by atoms with Gasteiger partial charge in [0, 0.05) is 19.0 Å². The minimum atomic E-state index is -1.11. The van der Waals surface area contributed by atoms with E-state index in [1.807, 2.05) is 0 Å². The number of hydrogen-bond acceptors (Lipinski definition) is 4. The number of carboxylic acid groups (broad SMARTS) is 1. The van der Waals surface area contributed by atoms with Crippen LogP contribution in [-0.4, -0.2) is 45.7 Å². The van der Waals surface area contributed by atoms with Gasteiger partial charge in [-0.15, -0.1) is 0 Å². The van der Waals surface area contributed by atoms with Gasteiger partial charge < -0.3 is 19.5 Å². The molecule has 0 aliphatic carbocycles. The van der Waals surface area contributed by atoms with E-state index in [0.717, 1.165) is 4.90 Å². The predicted octanol–water partition coefficient (Wildman–Crippen LogP) is 1.10. The predicted molar refractivity (Wildman–Crippen MR) is 69.2 cm³/mol. The molecule has 6 nitrogen and oxygen atoms in total. The van der Waals surface area contributed by atoms with Crippen LogP contribution < -0.4 is 0 Å². The molecule has 19 heavy (non-hydrogen) atoms. The van der Waals surface area contributed by atoms with E-state index in [1.165, 1.54) is 12.2 Å². The topological polar surface area (TPSA) is 91.0 Å². The van der Waals surface area contributed by atoms with Crippen molar-refractivity contribution in [2.45, 2.75) is 18.6 Å². The number of aliphatic carboxylic acids is 1. The Morgan fingerprint density at radius 1 is 1.47 bits per heavy atom. The van der Waals surface area contributed by atoms with Crippen molar-refractivity contribution < 1.29 is 24.2 Å². The van der Waals surface area contributed by atoms with E-state index in [4.69, 9.17) is 9.52 Å². The van der Waals surface area contributed by atoms with E-state index in [1.54, 1.807) is 12.1 Å². The Balaban J connectivity index is 2.06. The number of halogens is 1. The summed E-state index contributed by atoms with van der Waals surface area (Å²) >= 11 is 3.14. The van der Waals surface area contributed by atoms with E-state index in [-0.39, 0.29) is 13.0 Å². The summed E-state index contributed by atoms with van der Waals surface area (Å²) in [6.07, 6.45) is 1.95. The van der Waals surface area contributed by atoms with Gasteiger partial charge in [-0.3, -0.25) is 4.79 Å². The second kappa shape index (κ2) is 5.58. The quantitative estimate of drug-likeness (QED) is 0.810. The zero-order chi connectivity index (χ0) is 14.0. The number of rotatable bonds is 3. The third-order valence-corrected chi connectivity index (χ3v) is 3.26. The first-order valence-electron chi connectivity index (χ1n) is 5.62. The van der Waals surface area contributed by atoms with Gasteiger partial charge in [-0.05, 0) is 34.1 Å². The monoisotopic (exact) mass is 329 g/mol. The van der Waals surface area contributed by atoms with Crippen LogP contribution in [0.1, 0.15) is 12.2 Å². The molecule has 2 heterocycles. The second-order valence-corrected chi connectivity index (χ2v) is 4.99. The van der Waals surface area contributed by atoms with Crippen molar-refractivity contribution in [3.63, 3.8) is 0 Å². The summed E-state index contributed by atoms with van der Waals surface area (Å²) in [6, 6.07) is 2.38. The number of amides is 1. The van der Waals surface area contributed by atoms with Crippen LogP contribution >= 0.6 is 15.9 Å². The number of aliphatic hydroxyl groups excluding tert-OH is 1. The smallest absolute Gasteiger partial charge is 0.326 e. The molecule has 102 valence electrons. The Hall–Kier alpha value is -1.60. The first-order valence-corrected chi connectivity index (χ1v) is 6.41. The summed E-state index contributed by atoms with van der Waals surface area (Å²) in [5, 5.41) is 18.4. The molecule has 1 aromatic heterocycles. The average molecular weight is 330 g/mol. The van der Waals surface area contributed by atoms with Crippen LogP contribution in [0, 0.1) is 0 Å². The average Bonchev–Trinajstić information content (AvgIpc) is 2.92. The highest BCUT2D eigenvalue weighted by Gasteiger charge is 2.37. The normalized spacial score (nSPS) is 23.2. The van der Waals surface area contributed by atoms with E-state index in [9.17, 15) is 14.7 Å². The van der Waals surface area contributed by atoms with Gasteiger partial charge in [0.1, 0.15) is 11.8 Å². The van der Waals surface area contributed by atoms with Crippen LogP contribution in [0.2, 0.25) is 0 Å². The molecule has 1 unspecified atom stereocenters. The molecule has 2 rings (SSSR count). The van der Waals surface area contributed by atoms with Crippen LogP contribution in [0.15, 0.2) is 27.3 Å². The fourth-order valence-corrected chi connectivity index (χ4v) is 2.28. The fourth-order valence-electron chi connectivity index (χ4n) is 1.96. The molecule has 1 aromatic rings. The molecule has 1 aliphatic rings.